The zero-order valence-electron chi connectivity index (χ0n) is 24.3. The number of hydrogen-bond donors (Lipinski definition) is 0. The van der Waals surface area contributed by atoms with Crippen molar-refractivity contribution in [3.63, 3.8) is 0 Å². The zero-order chi connectivity index (χ0) is 24.6. The maximum Gasteiger partial charge on any atom is 0.0915 e. The highest BCUT2D eigenvalue weighted by Gasteiger charge is 2.84. The predicted molar refractivity (Wildman–Crippen MR) is 159 cm³/mol. The van der Waals surface area contributed by atoms with Gasteiger partial charge in [0, 0.05) is 0 Å². The maximum atomic E-state index is 3.00. The third-order valence-electron chi connectivity index (χ3n) is 11.5. The fourth-order valence-corrected chi connectivity index (χ4v) is 151. The van der Waals surface area contributed by atoms with E-state index < -0.39 is 36.5 Å². The summed E-state index contributed by atoms with van der Waals surface area (Å²) >= 11 is 0. The summed E-state index contributed by atoms with van der Waals surface area (Å²) in [5, 5.41) is 9.58. The number of rotatable bonds is 6. The average Bonchev–Trinajstić information content (AvgIpc) is 2.92. The van der Waals surface area contributed by atoms with Gasteiger partial charge >= 0.3 is 0 Å². The van der Waals surface area contributed by atoms with Crippen LogP contribution in [-0.2, 0) is 0 Å². The van der Waals surface area contributed by atoms with Crippen LogP contribution in [0.3, 0.4) is 0 Å². The quantitative estimate of drug-likeness (QED) is 0.313. The molecule has 2 rings (SSSR count). The van der Waals surface area contributed by atoms with E-state index in [9.17, 15) is 0 Å². The molecule has 180 valence electrons. The van der Waals surface area contributed by atoms with Gasteiger partial charge in [0.25, 0.3) is 0 Å². The lowest BCUT2D eigenvalue weighted by Crippen LogP contribution is -2.84. The van der Waals surface area contributed by atoms with Crippen LogP contribution in [0.15, 0.2) is 20.8 Å². The third kappa shape index (κ3) is 2.79. The lowest BCUT2D eigenvalue weighted by molar-refractivity contribution is 0.732. The molecule has 2 aliphatic rings. The van der Waals surface area contributed by atoms with E-state index in [0.717, 1.165) is 0 Å². The Bertz CT molecular complexity index is 703. The minimum absolute atomic E-state index is 0.476. The molecule has 0 saturated carbocycles. The molecule has 0 aromatic carbocycles. The van der Waals surface area contributed by atoms with Gasteiger partial charge in [0.05, 0.1) is 36.5 Å². The summed E-state index contributed by atoms with van der Waals surface area (Å²) in [5.74, 6) is 0. The monoisotopic (exact) mass is 508 g/mol. The zero-order valence-corrected chi connectivity index (χ0v) is 29.3. The number of allylic oxidation sites excluding steroid dienone is 4. The fourth-order valence-electron chi connectivity index (χ4n) is 9.17. The summed E-state index contributed by atoms with van der Waals surface area (Å²) in [6.45, 7) is 43.6. The van der Waals surface area contributed by atoms with Crippen molar-refractivity contribution in [2.45, 2.75) is 144 Å². The van der Waals surface area contributed by atoms with E-state index in [0.29, 0.717) is 10.1 Å². The van der Waals surface area contributed by atoms with E-state index in [-0.39, 0.29) is 0 Å². The second kappa shape index (κ2) is 7.79. The van der Waals surface area contributed by atoms with Crippen molar-refractivity contribution >= 4 is 36.5 Å². The first-order chi connectivity index (χ1) is 13.8. The van der Waals surface area contributed by atoms with Gasteiger partial charge in [-0.15, -0.1) is 0 Å². The molecular weight excluding hydrogens is 453 g/mol. The molecule has 2 heterocycles. The van der Waals surface area contributed by atoms with Crippen LogP contribution in [0.2, 0.25) is 49.4 Å². The topological polar surface area (TPSA) is 0 Å². The van der Waals surface area contributed by atoms with Crippen molar-refractivity contribution in [1.82, 2.24) is 0 Å². The maximum absolute atomic E-state index is 3.00. The molecule has 0 aromatic heterocycles. The van der Waals surface area contributed by atoms with Crippen molar-refractivity contribution in [3.8, 4) is 0 Å². The molecule has 0 spiro atoms. The van der Waals surface area contributed by atoms with E-state index in [4.69, 9.17) is 0 Å². The van der Waals surface area contributed by atoms with Gasteiger partial charge < -0.3 is 0 Å². The minimum atomic E-state index is -1.68. The molecule has 2 bridgehead atoms. The van der Waals surface area contributed by atoms with Crippen LogP contribution in [0.1, 0.15) is 94.9 Å². The van der Waals surface area contributed by atoms with Crippen molar-refractivity contribution in [1.29, 1.82) is 0 Å². The summed E-state index contributed by atoms with van der Waals surface area (Å²) in [6, 6.07) is 0. The second-order valence-electron chi connectivity index (χ2n) is 14.2. The van der Waals surface area contributed by atoms with Crippen LogP contribution in [-0.4, -0.2) is 36.5 Å². The molecule has 0 radical (unpaired) electrons. The molecule has 0 aliphatic carbocycles. The highest BCUT2D eigenvalue weighted by molar-refractivity contribution is 8.00. The van der Waals surface area contributed by atoms with E-state index in [1.165, 1.54) is 25.7 Å². The molecule has 0 saturated heterocycles. The Balaban J connectivity index is 3.30. The molecule has 0 fully saturated rings. The summed E-state index contributed by atoms with van der Waals surface area (Å²) in [5.41, 5.74) is 0. The van der Waals surface area contributed by atoms with Gasteiger partial charge in [-0.1, -0.05) is 129 Å². The SMILES string of the molecule is CCC1=C(CC)[Si]2([Si](C)(C)C(C)(C)C)C(CC)=C(CC)[Si]1([Si](C)(C)C(C)(C)C)[Si]2(C)C. The van der Waals surface area contributed by atoms with Crippen LogP contribution >= 0.6 is 0 Å². The van der Waals surface area contributed by atoms with E-state index in [1.54, 1.807) is 0 Å². The van der Waals surface area contributed by atoms with Gasteiger partial charge in [0.2, 0.25) is 0 Å². The Kier molecular flexibility index (Phi) is 6.99. The van der Waals surface area contributed by atoms with Crippen molar-refractivity contribution in [2.24, 2.45) is 0 Å². The van der Waals surface area contributed by atoms with Gasteiger partial charge in [-0.2, -0.15) is 0 Å². The largest absolute Gasteiger partial charge is 0.0915 e. The number of hydrogen-bond acceptors (Lipinski definition) is 0. The molecule has 0 aromatic rings. The molecule has 0 atom stereocenters. The van der Waals surface area contributed by atoms with Crippen LogP contribution in [0.25, 0.3) is 0 Å². The Hall–Kier alpha value is 0.564. The van der Waals surface area contributed by atoms with Crippen LogP contribution < -0.4 is 0 Å². The Morgan fingerprint density at radius 3 is 0.839 bits per heavy atom. The van der Waals surface area contributed by atoms with Gasteiger partial charge in [-0.3, -0.25) is 0 Å². The van der Waals surface area contributed by atoms with E-state index in [2.05, 4.69) is 129 Å². The molecule has 0 N–H and O–H groups in total. The highest BCUT2D eigenvalue weighted by Crippen LogP contribution is 2.70. The second-order valence-corrected chi connectivity index (χ2v) is 60.9. The van der Waals surface area contributed by atoms with Gasteiger partial charge in [-0.05, 0) is 35.8 Å². The van der Waals surface area contributed by atoms with Crippen LogP contribution in [0.5, 0.6) is 0 Å². The smallest absolute Gasteiger partial charge is 0.0860 e. The van der Waals surface area contributed by atoms with Crippen LogP contribution in [0, 0.1) is 0 Å². The first-order valence-electron chi connectivity index (χ1n) is 13.2. The summed E-state index contributed by atoms with van der Waals surface area (Å²) in [4.78, 5) is 0. The molecular formula is C26H56Si5. The van der Waals surface area contributed by atoms with Crippen molar-refractivity contribution in [3.05, 3.63) is 20.8 Å². The molecule has 2 aliphatic heterocycles. The molecule has 0 unspecified atom stereocenters. The molecule has 0 nitrogen and oxygen atoms in total. The summed E-state index contributed by atoms with van der Waals surface area (Å²) in [7, 11) is -7.95. The lowest BCUT2D eigenvalue weighted by atomic mass is 10.2. The summed E-state index contributed by atoms with van der Waals surface area (Å²) in [6.07, 6.45) is 5.45. The van der Waals surface area contributed by atoms with E-state index in [1.807, 2.05) is 0 Å². The average molecular weight is 509 g/mol. The molecule has 5 heteroatoms. The Morgan fingerprint density at radius 1 is 0.516 bits per heavy atom. The highest BCUT2D eigenvalue weighted by atomic mass is 29.9. The lowest BCUT2D eigenvalue weighted by Gasteiger charge is -2.60. The minimum Gasteiger partial charge on any atom is -0.0860 e. The van der Waals surface area contributed by atoms with Gasteiger partial charge in [0.1, 0.15) is 0 Å². The first-order valence-corrected chi connectivity index (χ1v) is 30.2. The normalized spacial score (nSPS) is 29.4. The standard InChI is InChI=1S/C26H56Si5/c1-17-21-22(18-2)31(28(13,14)26(8,9)10)24(20-4)23(19-3)30(21,29(31,15)16)27(11,12)25(5,6)7/h17-20H2,1-16H3. The first kappa shape index (κ1) is 27.8. The van der Waals surface area contributed by atoms with Gasteiger partial charge in [0.15, 0.2) is 0 Å². The van der Waals surface area contributed by atoms with Crippen LogP contribution in [0.4, 0.5) is 0 Å². The number of fused-ring (bicyclic) bond motifs is 2. The van der Waals surface area contributed by atoms with Gasteiger partial charge in [-0.25, -0.2) is 0 Å². The van der Waals surface area contributed by atoms with E-state index >= 15 is 0 Å². The summed E-state index contributed by atoms with van der Waals surface area (Å²) < 4.78 is 0. The Morgan fingerprint density at radius 2 is 0.710 bits per heavy atom. The molecule has 31 heavy (non-hydrogen) atoms. The van der Waals surface area contributed by atoms with Crippen molar-refractivity contribution < 1.29 is 0 Å². The fraction of sp³-hybridized carbons (Fsp3) is 0.846. The Labute approximate surface area is 201 Å². The predicted octanol–water partition coefficient (Wildman–Crippen LogP) is 9.34. The molecule has 0 amide bonds. The third-order valence-corrected chi connectivity index (χ3v) is 101. The van der Waals surface area contributed by atoms with Crippen molar-refractivity contribution in [2.75, 3.05) is 0 Å².